The van der Waals surface area contributed by atoms with E-state index < -0.39 is 22.6 Å². The number of methoxy groups -OCH3 is 1. The van der Waals surface area contributed by atoms with Crippen LogP contribution in [0.2, 0.25) is 0 Å². The molecule has 0 amide bonds. The van der Waals surface area contributed by atoms with Gasteiger partial charge in [-0.05, 0) is 48.0 Å². The maximum atomic E-state index is 12.4. The second kappa shape index (κ2) is 8.43. The van der Waals surface area contributed by atoms with Crippen molar-refractivity contribution in [1.29, 1.82) is 0 Å². The molecule has 0 atom stereocenters. The minimum atomic E-state index is -3.90. The normalized spacial score (nSPS) is 11.5. The molecule has 1 N–H and O–H groups in total. The van der Waals surface area contributed by atoms with E-state index in [1.165, 1.54) is 61.7 Å². The lowest BCUT2D eigenvalue weighted by Crippen LogP contribution is -2.13. The van der Waals surface area contributed by atoms with Gasteiger partial charge in [-0.25, -0.2) is 13.2 Å². The third-order valence-corrected chi connectivity index (χ3v) is 4.49. The first kappa shape index (κ1) is 19.4. The Kier molecular flexibility index (Phi) is 6.29. The van der Waals surface area contributed by atoms with Gasteiger partial charge in [0.1, 0.15) is 5.75 Å². The van der Waals surface area contributed by atoms with Crippen LogP contribution in [-0.2, 0) is 19.6 Å². The van der Waals surface area contributed by atoms with Crippen LogP contribution in [0, 0.1) is 0 Å². The number of carbonyl (C=O) groups is 1. The van der Waals surface area contributed by atoms with Crippen molar-refractivity contribution in [3.05, 3.63) is 60.2 Å². The van der Waals surface area contributed by atoms with Gasteiger partial charge in [0.25, 0.3) is 10.0 Å². The third kappa shape index (κ3) is 5.55. The molecule has 0 spiro atoms. The molecule has 2 rings (SSSR count). The van der Waals surface area contributed by atoms with Crippen molar-refractivity contribution < 1.29 is 31.5 Å². The Bertz CT molecular complexity index is 896. The highest BCUT2D eigenvalue weighted by atomic mass is 32.2. The molecule has 0 unspecified atom stereocenters. The average Bonchev–Trinajstić information content (AvgIpc) is 2.61. The second-order valence-electron chi connectivity index (χ2n) is 4.94. The highest BCUT2D eigenvalue weighted by Crippen LogP contribution is 2.21. The van der Waals surface area contributed by atoms with Crippen molar-refractivity contribution >= 4 is 27.8 Å². The Morgan fingerprint density at radius 2 is 1.85 bits per heavy atom. The van der Waals surface area contributed by atoms with Crippen LogP contribution in [0.25, 0.3) is 6.08 Å². The van der Waals surface area contributed by atoms with E-state index in [-0.39, 0.29) is 16.3 Å². The molecular formula is C17H15F2NO5S. The number of rotatable bonds is 7. The van der Waals surface area contributed by atoms with E-state index >= 15 is 0 Å². The van der Waals surface area contributed by atoms with Crippen LogP contribution < -0.4 is 9.46 Å². The highest BCUT2D eigenvalue weighted by Gasteiger charge is 2.14. The van der Waals surface area contributed by atoms with E-state index in [1.54, 1.807) is 6.07 Å². The standard InChI is InChI=1S/C17H15F2NO5S/c1-24-16(21)10-5-12-3-2-4-15(11-12)26(22,23)20-13-6-8-14(9-7-13)25-17(18)19/h2-11,17,20H,1H3. The van der Waals surface area contributed by atoms with E-state index in [4.69, 9.17) is 0 Å². The van der Waals surface area contributed by atoms with Gasteiger partial charge in [-0.1, -0.05) is 12.1 Å². The lowest BCUT2D eigenvalue weighted by atomic mass is 10.2. The molecule has 0 radical (unpaired) electrons. The van der Waals surface area contributed by atoms with Gasteiger partial charge in [0.15, 0.2) is 0 Å². The summed E-state index contributed by atoms with van der Waals surface area (Å²) in [5.41, 5.74) is 0.668. The van der Waals surface area contributed by atoms with E-state index in [0.717, 1.165) is 0 Å². The first-order valence-electron chi connectivity index (χ1n) is 7.24. The van der Waals surface area contributed by atoms with Crippen molar-refractivity contribution in [2.24, 2.45) is 0 Å². The van der Waals surface area contributed by atoms with Crippen molar-refractivity contribution in [3.8, 4) is 5.75 Å². The summed E-state index contributed by atoms with van der Waals surface area (Å²) in [6.45, 7) is -2.96. The second-order valence-corrected chi connectivity index (χ2v) is 6.62. The zero-order valence-electron chi connectivity index (χ0n) is 13.6. The van der Waals surface area contributed by atoms with Crippen LogP contribution in [0.15, 0.2) is 59.5 Å². The Hall–Kier alpha value is -2.94. The Morgan fingerprint density at radius 3 is 2.46 bits per heavy atom. The summed E-state index contributed by atoms with van der Waals surface area (Å²) in [7, 11) is -2.67. The van der Waals surface area contributed by atoms with Crippen LogP contribution in [0.5, 0.6) is 5.75 Å². The fourth-order valence-electron chi connectivity index (χ4n) is 1.94. The lowest BCUT2D eigenvalue weighted by molar-refractivity contribution is -0.134. The summed E-state index contributed by atoms with van der Waals surface area (Å²) in [5.74, 6) is -0.652. The molecule has 0 aliphatic heterocycles. The summed E-state index contributed by atoms with van der Waals surface area (Å²) in [6.07, 6.45) is 2.59. The van der Waals surface area contributed by atoms with Crippen LogP contribution in [-0.4, -0.2) is 28.1 Å². The first-order chi connectivity index (χ1) is 12.3. The monoisotopic (exact) mass is 383 g/mol. The maximum Gasteiger partial charge on any atom is 0.387 e. The molecule has 138 valence electrons. The molecule has 0 saturated heterocycles. The van der Waals surface area contributed by atoms with E-state index in [1.807, 2.05) is 0 Å². The summed E-state index contributed by atoms with van der Waals surface area (Å²) in [5, 5.41) is 0. The van der Waals surface area contributed by atoms with Crippen molar-refractivity contribution in [2.45, 2.75) is 11.5 Å². The van der Waals surface area contributed by atoms with Gasteiger partial charge in [0.05, 0.1) is 12.0 Å². The molecule has 0 fully saturated rings. The molecule has 6 nitrogen and oxygen atoms in total. The van der Waals surface area contributed by atoms with Gasteiger partial charge in [-0.2, -0.15) is 8.78 Å². The smallest absolute Gasteiger partial charge is 0.387 e. The van der Waals surface area contributed by atoms with E-state index in [0.29, 0.717) is 5.56 Å². The SMILES string of the molecule is COC(=O)C=Cc1cccc(S(=O)(=O)Nc2ccc(OC(F)F)cc2)c1. The van der Waals surface area contributed by atoms with Crippen LogP contribution in [0.4, 0.5) is 14.5 Å². The highest BCUT2D eigenvalue weighted by molar-refractivity contribution is 7.92. The Morgan fingerprint density at radius 1 is 1.15 bits per heavy atom. The van der Waals surface area contributed by atoms with Gasteiger partial charge in [0, 0.05) is 11.8 Å². The third-order valence-electron chi connectivity index (χ3n) is 3.11. The number of sulfonamides is 1. The number of alkyl halides is 2. The van der Waals surface area contributed by atoms with Gasteiger partial charge in [-0.15, -0.1) is 0 Å². The molecule has 2 aromatic carbocycles. The molecule has 0 bridgehead atoms. The number of esters is 1. The number of hydrogen-bond acceptors (Lipinski definition) is 5. The summed E-state index contributed by atoms with van der Waals surface area (Å²) >= 11 is 0. The van der Waals surface area contributed by atoms with Crippen molar-refractivity contribution in [2.75, 3.05) is 11.8 Å². The number of ether oxygens (including phenoxy) is 2. The molecule has 9 heteroatoms. The van der Waals surface area contributed by atoms with E-state index in [9.17, 15) is 22.0 Å². The van der Waals surface area contributed by atoms with Gasteiger partial charge in [0.2, 0.25) is 0 Å². The summed E-state index contributed by atoms with van der Waals surface area (Å²) < 4.78 is 60.1. The quantitative estimate of drug-likeness (QED) is 0.586. The molecule has 0 aromatic heterocycles. The zero-order valence-corrected chi connectivity index (χ0v) is 14.4. The number of halogens is 2. The lowest BCUT2D eigenvalue weighted by Gasteiger charge is -2.10. The van der Waals surface area contributed by atoms with E-state index in [2.05, 4.69) is 14.2 Å². The number of benzene rings is 2. The molecule has 0 heterocycles. The maximum absolute atomic E-state index is 12.4. The van der Waals surface area contributed by atoms with Crippen LogP contribution >= 0.6 is 0 Å². The predicted octanol–water partition coefficient (Wildman–Crippen LogP) is 3.28. The molecule has 0 aliphatic rings. The fraction of sp³-hybridized carbons (Fsp3) is 0.118. The minimum absolute atomic E-state index is 0.0302. The largest absolute Gasteiger partial charge is 0.466 e. The van der Waals surface area contributed by atoms with Gasteiger partial charge in [-0.3, -0.25) is 4.72 Å². The summed E-state index contributed by atoms with van der Waals surface area (Å²) in [4.78, 5) is 11.1. The number of hydrogen-bond donors (Lipinski definition) is 1. The predicted molar refractivity (Wildman–Crippen MR) is 91.4 cm³/mol. The molecular weight excluding hydrogens is 368 g/mol. The molecule has 0 aliphatic carbocycles. The van der Waals surface area contributed by atoms with Crippen molar-refractivity contribution in [1.82, 2.24) is 0 Å². The molecule has 26 heavy (non-hydrogen) atoms. The summed E-state index contributed by atoms with van der Waals surface area (Å²) in [6, 6.07) is 10.9. The van der Waals surface area contributed by atoms with Crippen LogP contribution in [0.3, 0.4) is 0 Å². The topological polar surface area (TPSA) is 81.7 Å². The first-order valence-corrected chi connectivity index (χ1v) is 8.72. The van der Waals surface area contributed by atoms with Crippen molar-refractivity contribution in [3.63, 3.8) is 0 Å². The zero-order chi connectivity index (χ0) is 19.2. The van der Waals surface area contributed by atoms with Gasteiger partial charge >= 0.3 is 12.6 Å². The molecule has 0 saturated carbocycles. The van der Waals surface area contributed by atoms with Crippen LogP contribution in [0.1, 0.15) is 5.56 Å². The number of nitrogens with one attached hydrogen (secondary N) is 1. The Balaban J connectivity index is 2.17. The molecule has 2 aromatic rings. The number of carbonyl (C=O) groups excluding carboxylic acids is 1. The fourth-order valence-corrected chi connectivity index (χ4v) is 3.05. The minimum Gasteiger partial charge on any atom is -0.466 e. The number of anilines is 1. The van der Waals surface area contributed by atoms with Gasteiger partial charge < -0.3 is 9.47 Å². The average molecular weight is 383 g/mol. The Labute approximate surface area is 149 Å².